The van der Waals surface area contributed by atoms with Crippen LogP contribution < -0.4 is 10.5 Å². The van der Waals surface area contributed by atoms with Crippen molar-refractivity contribution in [1.82, 2.24) is 0 Å². The minimum atomic E-state index is 0.0952. The van der Waals surface area contributed by atoms with Crippen LogP contribution >= 0.6 is 23.2 Å². The van der Waals surface area contributed by atoms with Crippen LogP contribution in [0.2, 0.25) is 10.0 Å². The summed E-state index contributed by atoms with van der Waals surface area (Å²) in [6.45, 7) is 4.01. The lowest BCUT2D eigenvalue weighted by Crippen LogP contribution is -2.21. The average molecular weight is 324 g/mol. The third-order valence-corrected chi connectivity index (χ3v) is 4.13. The maximum Gasteiger partial charge on any atom is 0.149 e. The van der Waals surface area contributed by atoms with E-state index >= 15 is 0 Å². The summed E-state index contributed by atoms with van der Waals surface area (Å²) < 4.78 is 5.98. The standard InChI is InChI=1S/C17H19Cl2NO/c1-3-13(20)10-12-5-4-6-16(19)17(12)21-14-7-8-15(18)11(2)9-14/h4-9,13H,3,10,20H2,1-2H3. The SMILES string of the molecule is CCC(N)Cc1cccc(Cl)c1Oc1ccc(Cl)c(C)c1. The number of ether oxygens (including phenoxy) is 1. The molecular weight excluding hydrogens is 305 g/mol. The van der Waals surface area contributed by atoms with Crippen molar-refractivity contribution in [3.63, 3.8) is 0 Å². The van der Waals surface area contributed by atoms with Crippen molar-refractivity contribution in [3.05, 3.63) is 57.6 Å². The summed E-state index contributed by atoms with van der Waals surface area (Å²) in [5.41, 5.74) is 8.03. The summed E-state index contributed by atoms with van der Waals surface area (Å²) in [6.07, 6.45) is 1.64. The molecule has 2 rings (SSSR count). The normalized spacial score (nSPS) is 12.2. The van der Waals surface area contributed by atoms with Gasteiger partial charge in [-0.3, -0.25) is 0 Å². The Morgan fingerprint density at radius 1 is 1.14 bits per heavy atom. The third-order valence-electron chi connectivity index (χ3n) is 3.40. The largest absolute Gasteiger partial charge is 0.456 e. The van der Waals surface area contributed by atoms with Crippen LogP contribution in [0.15, 0.2) is 36.4 Å². The molecule has 21 heavy (non-hydrogen) atoms. The lowest BCUT2D eigenvalue weighted by molar-refractivity contribution is 0.472. The molecule has 112 valence electrons. The van der Waals surface area contributed by atoms with E-state index in [-0.39, 0.29) is 6.04 Å². The zero-order valence-corrected chi connectivity index (χ0v) is 13.7. The van der Waals surface area contributed by atoms with Crippen molar-refractivity contribution in [2.75, 3.05) is 0 Å². The van der Waals surface area contributed by atoms with Gasteiger partial charge in [0.05, 0.1) is 5.02 Å². The van der Waals surface area contributed by atoms with Gasteiger partial charge in [-0.25, -0.2) is 0 Å². The Hall–Kier alpha value is -1.22. The summed E-state index contributed by atoms with van der Waals surface area (Å²) >= 11 is 12.3. The van der Waals surface area contributed by atoms with Crippen LogP contribution in [0.3, 0.4) is 0 Å². The molecule has 0 radical (unpaired) electrons. The van der Waals surface area contributed by atoms with E-state index < -0.39 is 0 Å². The quantitative estimate of drug-likeness (QED) is 0.802. The first kappa shape index (κ1) is 16.2. The first-order chi connectivity index (χ1) is 10.0. The number of para-hydroxylation sites is 1. The number of nitrogens with two attached hydrogens (primary N) is 1. The van der Waals surface area contributed by atoms with Crippen LogP contribution in [0.4, 0.5) is 0 Å². The fraction of sp³-hybridized carbons (Fsp3) is 0.294. The van der Waals surface area contributed by atoms with E-state index in [1.807, 2.05) is 43.3 Å². The zero-order valence-electron chi connectivity index (χ0n) is 12.2. The van der Waals surface area contributed by atoms with Crippen LogP contribution in [0, 0.1) is 6.92 Å². The molecular formula is C17H19Cl2NO. The van der Waals surface area contributed by atoms with Crippen molar-refractivity contribution >= 4 is 23.2 Å². The highest BCUT2D eigenvalue weighted by atomic mass is 35.5. The minimum absolute atomic E-state index is 0.0952. The first-order valence-corrected chi connectivity index (χ1v) is 7.73. The molecule has 0 saturated heterocycles. The molecule has 2 aromatic rings. The summed E-state index contributed by atoms with van der Waals surface area (Å²) in [7, 11) is 0. The number of hydrogen-bond donors (Lipinski definition) is 1. The van der Waals surface area contributed by atoms with Gasteiger partial charge in [0.1, 0.15) is 11.5 Å². The van der Waals surface area contributed by atoms with Gasteiger partial charge in [0.2, 0.25) is 0 Å². The van der Waals surface area contributed by atoms with Crippen LogP contribution in [-0.2, 0) is 6.42 Å². The van der Waals surface area contributed by atoms with Gasteiger partial charge in [-0.05, 0) is 55.2 Å². The lowest BCUT2D eigenvalue weighted by atomic mass is 10.0. The van der Waals surface area contributed by atoms with E-state index in [1.165, 1.54) is 0 Å². The Bertz CT molecular complexity index is 628. The van der Waals surface area contributed by atoms with Crippen LogP contribution in [-0.4, -0.2) is 6.04 Å². The molecule has 4 heteroatoms. The fourth-order valence-corrected chi connectivity index (χ4v) is 2.40. The van der Waals surface area contributed by atoms with Crippen LogP contribution in [0.5, 0.6) is 11.5 Å². The molecule has 0 heterocycles. The molecule has 0 fully saturated rings. The minimum Gasteiger partial charge on any atom is -0.456 e. The Morgan fingerprint density at radius 3 is 2.57 bits per heavy atom. The number of rotatable bonds is 5. The Balaban J connectivity index is 2.31. The second-order valence-electron chi connectivity index (χ2n) is 5.11. The van der Waals surface area contributed by atoms with Gasteiger partial charge >= 0.3 is 0 Å². The highest BCUT2D eigenvalue weighted by molar-refractivity contribution is 6.32. The van der Waals surface area contributed by atoms with Crippen molar-refractivity contribution in [2.24, 2.45) is 5.73 Å². The van der Waals surface area contributed by atoms with E-state index in [1.54, 1.807) is 0 Å². The monoisotopic (exact) mass is 323 g/mol. The van der Waals surface area contributed by atoms with E-state index in [9.17, 15) is 0 Å². The topological polar surface area (TPSA) is 35.2 Å². The van der Waals surface area contributed by atoms with Gasteiger partial charge in [0, 0.05) is 11.1 Å². The summed E-state index contributed by atoms with van der Waals surface area (Å²) in [5, 5.41) is 1.30. The maximum atomic E-state index is 6.29. The van der Waals surface area contributed by atoms with E-state index in [4.69, 9.17) is 33.7 Å². The van der Waals surface area contributed by atoms with Crippen LogP contribution in [0.25, 0.3) is 0 Å². The molecule has 0 bridgehead atoms. The molecule has 2 nitrogen and oxygen atoms in total. The van der Waals surface area contributed by atoms with Gasteiger partial charge in [-0.1, -0.05) is 42.3 Å². The highest BCUT2D eigenvalue weighted by Gasteiger charge is 2.12. The number of hydrogen-bond acceptors (Lipinski definition) is 2. The second kappa shape index (κ2) is 7.17. The summed E-state index contributed by atoms with van der Waals surface area (Å²) in [5.74, 6) is 1.39. The molecule has 0 spiro atoms. The molecule has 0 aromatic heterocycles. The highest BCUT2D eigenvalue weighted by Crippen LogP contribution is 2.34. The van der Waals surface area contributed by atoms with E-state index in [0.717, 1.165) is 34.7 Å². The Morgan fingerprint density at radius 2 is 1.90 bits per heavy atom. The fourth-order valence-electron chi connectivity index (χ4n) is 2.05. The predicted molar refractivity (Wildman–Crippen MR) is 89.7 cm³/mol. The smallest absolute Gasteiger partial charge is 0.149 e. The van der Waals surface area contributed by atoms with Gasteiger partial charge < -0.3 is 10.5 Å². The number of benzene rings is 2. The zero-order chi connectivity index (χ0) is 15.4. The molecule has 0 saturated carbocycles. The third kappa shape index (κ3) is 4.13. The van der Waals surface area contributed by atoms with E-state index in [2.05, 4.69) is 6.92 Å². The summed E-state index contributed by atoms with van der Waals surface area (Å²) in [6, 6.07) is 11.4. The molecule has 1 atom stereocenters. The van der Waals surface area contributed by atoms with Gasteiger partial charge in [0.15, 0.2) is 0 Å². The van der Waals surface area contributed by atoms with Gasteiger partial charge in [-0.2, -0.15) is 0 Å². The maximum absolute atomic E-state index is 6.29. The molecule has 0 aliphatic heterocycles. The van der Waals surface area contributed by atoms with Gasteiger partial charge in [0.25, 0.3) is 0 Å². The van der Waals surface area contributed by atoms with E-state index in [0.29, 0.717) is 10.8 Å². The van der Waals surface area contributed by atoms with Crippen molar-refractivity contribution in [1.29, 1.82) is 0 Å². The lowest BCUT2D eigenvalue weighted by Gasteiger charge is -2.16. The predicted octanol–water partition coefficient (Wildman–Crippen LogP) is 5.37. The number of aryl methyl sites for hydroxylation is 1. The first-order valence-electron chi connectivity index (χ1n) is 6.98. The average Bonchev–Trinajstić information content (AvgIpc) is 2.46. The Kier molecular flexibility index (Phi) is 5.51. The Labute approximate surface area is 135 Å². The molecule has 1 unspecified atom stereocenters. The van der Waals surface area contributed by atoms with Crippen molar-refractivity contribution in [3.8, 4) is 11.5 Å². The molecule has 2 aromatic carbocycles. The molecule has 0 amide bonds. The van der Waals surface area contributed by atoms with Crippen LogP contribution in [0.1, 0.15) is 24.5 Å². The number of halogens is 2. The molecule has 2 N–H and O–H groups in total. The second-order valence-corrected chi connectivity index (χ2v) is 5.93. The van der Waals surface area contributed by atoms with Crippen molar-refractivity contribution in [2.45, 2.75) is 32.7 Å². The van der Waals surface area contributed by atoms with Gasteiger partial charge in [-0.15, -0.1) is 0 Å². The molecule has 0 aliphatic rings. The summed E-state index contributed by atoms with van der Waals surface area (Å²) in [4.78, 5) is 0. The van der Waals surface area contributed by atoms with Crippen molar-refractivity contribution < 1.29 is 4.74 Å². The molecule has 0 aliphatic carbocycles.